The molecule has 0 saturated carbocycles. The lowest BCUT2D eigenvalue weighted by Gasteiger charge is -2.22. The van der Waals surface area contributed by atoms with Crippen LogP contribution in [0.4, 0.5) is 4.79 Å². The van der Waals surface area contributed by atoms with E-state index in [1.54, 1.807) is 4.90 Å². The van der Waals surface area contributed by atoms with E-state index in [-0.39, 0.29) is 24.0 Å². The predicted octanol–water partition coefficient (Wildman–Crippen LogP) is 4.23. The number of rotatable bonds is 3. The minimum Gasteiger partial charge on any atom is -0.448 e. The zero-order chi connectivity index (χ0) is 18.3. The second-order valence-corrected chi connectivity index (χ2v) is 8.00. The third-order valence-electron chi connectivity index (χ3n) is 5.49. The first-order valence-electron chi connectivity index (χ1n) is 9.07. The van der Waals surface area contributed by atoms with Crippen molar-refractivity contribution in [1.82, 2.24) is 4.90 Å². The first kappa shape index (κ1) is 16.8. The monoisotopic (exact) mass is 349 g/mol. The van der Waals surface area contributed by atoms with Crippen molar-refractivity contribution in [1.29, 1.82) is 0 Å². The van der Waals surface area contributed by atoms with Crippen LogP contribution in [-0.4, -0.2) is 36.5 Å². The van der Waals surface area contributed by atoms with Gasteiger partial charge in [0.2, 0.25) is 0 Å². The Hall–Kier alpha value is -2.62. The highest BCUT2D eigenvalue weighted by Crippen LogP contribution is 2.44. The van der Waals surface area contributed by atoms with Crippen LogP contribution in [0.3, 0.4) is 0 Å². The summed E-state index contributed by atoms with van der Waals surface area (Å²) in [4.78, 5) is 25.5. The molecule has 1 heterocycles. The minimum absolute atomic E-state index is 0.0386. The predicted molar refractivity (Wildman–Crippen MR) is 100 cm³/mol. The lowest BCUT2D eigenvalue weighted by atomic mass is 9.91. The van der Waals surface area contributed by atoms with Crippen molar-refractivity contribution in [3.05, 3.63) is 59.7 Å². The quantitative estimate of drug-likeness (QED) is 0.779. The van der Waals surface area contributed by atoms with Gasteiger partial charge in [-0.3, -0.25) is 4.90 Å². The molecule has 0 bridgehead atoms. The maximum atomic E-state index is 12.6. The van der Waals surface area contributed by atoms with Gasteiger partial charge in [0.1, 0.15) is 12.9 Å². The molecule has 1 unspecified atom stereocenters. The molecule has 4 rings (SSSR count). The molecule has 4 heteroatoms. The van der Waals surface area contributed by atoms with Crippen molar-refractivity contribution in [2.45, 2.75) is 32.2 Å². The summed E-state index contributed by atoms with van der Waals surface area (Å²) in [6.45, 7) is 4.98. The van der Waals surface area contributed by atoms with Crippen molar-refractivity contribution >= 4 is 12.4 Å². The lowest BCUT2D eigenvalue weighted by molar-refractivity contribution is -0.111. The van der Waals surface area contributed by atoms with Crippen molar-refractivity contribution in [3.8, 4) is 11.1 Å². The summed E-state index contributed by atoms with van der Waals surface area (Å²) in [6.07, 6.45) is 1.14. The van der Waals surface area contributed by atoms with Crippen molar-refractivity contribution in [2.75, 3.05) is 13.2 Å². The van der Waals surface area contributed by atoms with Crippen LogP contribution in [0.2, 0.25) is 0 Å². The molecule has 1 aliphatic carbocycles. The Kier molecular flexibility index (Phi) is 4.06. The van der Waals surface area contributed by atoms with E-state index in [4.69, 9.17) is 4.74 Å². The highest BCUT2D eigenvalue weighted by Gasteiger charge is 2.41. The normalized spacial score (nSPS) is 20.5. The lowest BCUT2D eigenvalue weighted by Crippen LogP contribution is -2.38. The van der Waals surface area contributed by atoms with Crippen molar-refractivity contribution in [3.63, 3.8) is 0 Å². The van der Waals surface area contributed by atoms with Crippen LogP contribution >= 0.6 is 0 Å². The number of ether oxygens (including phenoxy) is 1. The molecule has 0 aromatic heterocycles. The van der Waals surface area contributed by atoms with Gasteiger partial charge in [-0.25, -0.2) is 4.79 Å². The van der Waals surface area contributed by atoms with Gasteiger partial charge in [0.05, 0.1) is 6.04 Å². The van der Waals surface area contributed by atoms with Gasteiger partial charge in [0, 0.05) is 12.5 Å². The van der Waals surface area contributed by atoms with Crippen LogP contribution in [0, 0.1) is 5.41 Å². The maximum Gasteiger partial charge on any atom is 0.410 e. The smallest absolute Gasteiger partial charge is 0.410 e. The number of benzene rings is 2. The second kappa shape index (κ2) is 6.27. The molecule has 1 atom stereocenters. The van der Waals surface area contributed by atoms with E-state index in [0.717, 1.165) is 6.29 Å². The van der Waals surface area contributed by atoms with Crippen LogP contribution in [0.15, 0.2) is 48.5 Å². The van der Waals surface area contributed by atoms with Gasteiger partial charge in [-0.15, -0.1) is 0 Å². The number of hydrogen-bond acceptors (Lipinski definition) is 3. The number of aldehydes is 1. The first-order valence-corrected chi connectivity index (χ1v) is 9.07. The largest absolute Gasteiger partial charge is 0.448 e. The zero-order valence-corrected chi connectivity index (χ0v) is 15.1. The molecule has 134 valence electrons. The molecule has 0 N–H and O–H groups in total. The molecular weight excluding hydrogens is 326 g/mol. The average molecular weight is 349 g/mol. The molecule has 1 amide bonds. The molecule has 1 aliphatic heterocycles. The summed E-state index contributed by atoms with van der Waals surface area (Å²) in [6, 6.07) is 16.1. The molecule has 0 radical (unpaired) electrons. The highest BCUT2D eigenvalue weighted by molar-refractivity contribution is 5.79. The Morgan fingerprint density at radius 1 is 1.12 bits per heavy atom. The van der Waals surface area contributed by atoms with Gasteiger partial charge >= 0.3 is 6.09 Å². The molecule has 2 aliphatic rings. The van der Waals surface area contributed by atoms with Gasteiger partial charge in [-0.1, -0.05) is 62.4 Å². The molecule has 2 aromatic carbocycles. The number of hydrogen-bond donors (Lipinski definition) is 0. The van der Waals surface area contributed by atoms with Crippen LogP contribution in [0.1, 0.15) is 37.3 Å². The van der Waals surface area contributed by atoms with E-state index < -0.39 is 6.09 Å². The van der Waals surface area contributed by atoms with E-state index in [0.29, 0.717) is 13.0 Å². The van der Waals surface area contributed by atoms with E-state index in [1.165, 1.54) is 22.3 Å². The van der Waals surface area contributed by atoms with Crippen LogP contribution in [-0.2, 0) is 9.53 Å². The fraction of sp³-hybridized carbons (Fsp3) is 0.364. The first-order chi connectivity index (χ1) is 12.5. The van der Waals surface area contributed by atoms with E-state index in [9.17, 15) is 9.59 Å². The van der Waals surface area contributed by atoms with Crippen LogP contribution in [0.5, 0.6) is 0 Å². The SMILES string of the molecule is CC1(C)CC(C=O)N(C(=O)OCC2c3ccccc3-c3ccccc32)C1. The molecule has 2 aromatic rings. The summed E-state index contributed by atoms with van der Waals surface area (Å²) < 4.78 is 5.68. The van der Waals surface area contributed by atoms with Gasteiger partial charge in [-0.2, -0.15) is 0 Å². The molecule has 4 nitrogen and oxygen atoms in total. The second-order valence-electron chi connectivity index (χ2n) is 8.00. The van der Waals surface area contributed by atoms with Crippen molar-refractivity contribution < 1.29 is 14.3 Å². The molecular formula is C22H23NO3. The molecule has 26 heavy (non-hydrogen) atoms. The number of fused-ring (bicyclic) bond motifs is 3. The van der Waals surface area contributed by atoms with Crippen LogP contribution in [0.25, 0.3) is 11.1 Å². The topological polar surface area (TPSA) is 46.6 Å². The van der Waals surface area contributed by atoms with E-state index in [1.807, 2.05) is 24.3 Å². The Labute approximate surface area is 153 Å². The van der Waals surface area contributed by atoms with Gasteiger partial charge in [-0.05, 0) is 34.1 Å². The van der Waals surface area contributed by atoms with E-state index in [2.05, 4.69) is 38.1 Å². The number of carbonyl (C=O) groups excluding carboxylic acids is 2. The molecule has 1 fully saturated rings. The summed E-state index contributed by atoms with van der Waals surface area (Å²) in [7, 11) is 0. The Balaban J connectivity index is 1.53. The third-order valence-corrected chi connectivity index (χ3v) is 5.49. The number of amides is 1. The van der Waals surface area contributed by atoms with E-state index >= 15 is 0 Å². The number of carbonyl (C=O) groups is 2. The summed E-state index contributed by atoms with van der Waals surface area (Å²) in [5.41, 5.74) is 4.73. The summed E-state index contributed by atoms with van der Waals surface area (Å²) >= 11 is 0. The molecule has 0 spiro atoms. The number of nitrogens with zero attached hydrogens (tertiary/aromatic N) is 1. The van der Waals surface area contributed by atoms with Gasteiger partial charge in [0.25, 0.3) is 0 Å². The Bertz CT molecular complexity index is 812. The number of likely N-dealkylation sites (tertiary alicyclic amines) is 1. The third kappa shape index (κ3) is 2.79. The van der Waals surface area contributed by atoms with Gasteiger partial charge < -0.3 is 9.53 Å². The maximum absolute atomic E-state index is 12.6. The fourth-order valence-corrected chi connectivity index (χ4v) is 4.32. The van der Waals surface area contributed by atoms with Gasteiger partial charge in [0.15, 0.2) is 0 Å². The Morgan fingerprint density at radius 3 is 2.27 bits per heavy atom. The Morgan fingerprint density at radius 2 is 1.69 bits per heavy atom. The van der Waals surface area contributed by atoms with Crippen LogP contribution < -0.4 is 0 Å². The zero-order valence-electron chi connectivity index (χ0n) is 15.1. The fourth-order valence-electron chi connectivity index (χ4n) is 4.32. The average Bonchev–Trinajstić information content (AvgIpc) is 3.14. The minimum atomic E-state index is -0.394. The molecule has 1 saturated heterocycles. The van der Waals surface area contributed by atoms with Crippen molar-refractivity contribution in [2.24, 2.45) is 5.41 Å². The summed E-state index contributed by atoms with van der Waals surface area (Å²) in [5, 5.41) is 0. The standard InChI is InChI=1S/C22H23NO3/c1-22(2)11-15(12-24)23(14-22)21(25)26-13-20-18-9-5-3-7-16(18)17-8-4-6-10-19(17)20/h3-10,12,15,20H,11,13-14H2,1-2H3. The summed E-state index contributed by atoms with van der Waals surface area (Å²) in [5.74, 6) is 0.0386. The highest BCUT2D eigenvalue weighted by atomic mass is 16.6.